The van der Waals surface area contributed by atoms with Gasteiger partial charge in [-0.3, -0.25) is 0 Å². The lowest BCUT2D eigenvalue weighted by atomic mass is 10.1. The van der Waals surface area contributed by atoms with Crippen LogP contribution in [-0.2, 0) is 27.3 Å². The van der Waals surface area contributed by atoms with Gasteiger partial charge in [-0.05, 0) is 32.0 Å². The number of hydrogen-bond donors (Lipinski definition) is 2. The lowest BCUT2D eigenvalue weighted by molar-refractivity contribution is -0.216. The van der Waals surface area contributed by atoms with Crippen LogP contribution < -0.4 is 0 Å². The fourth-order valence-electron chi connectivity index (χ4n) is 4.69. The number of nitrogens with zero attached hydrogens (tertiary/aromatic N) is 6. The summed E-state index contributed by atoms with van der Waals surface area (Å²) in [5.41, 5.74) is 2.50. The summed E-state index contributed by atoms with van der Waals surface area (Å²) in [7, 11) is 0. The van der Waals surface area contributed by atoms with E-state index in [4.69, 9.17) is 14.2 Å². The average Bonchev–Trinajstić information content (AvgIpc) is 3.58. The molecule has 11 heteroatoms. The minimum absolute atomic E-state index is 0.00952. The number of para-hydroxylation sites is 1. The van der Waals surface area contributed by atoms with Crippen LogP contribution in [0.4, 0.5) is 11.4 Å². The fourth-order valence-corrected chi connectivity index (χ4v) is 4.69. The largest absolute Gasteiger partial charge is 0.493 e. The van der Waals surface area contributed by atoms with Gasteiger partial charge < -0.3 is 29.0 Å². The molecule has 36 heavy (non-hydrogen) atoms. The van der Waals surface area contributed by atoms with Crippen molar-refractivity contribution < 1.29 is 24.4 Å². The highest BCUT2D eigenvalue weighted by molar-refractivity contribution is 5.95. The Hall–Kier alpha value is -3.64. The molecule has 0 radical (unpaired) electrons. The van der Waals surface area contributed by atoms with Crippen molar-refractivity contribution in [1.29, 1.82) is 0 Å². The molecule has 11 nitrogen and oxygen atoms in total. The number of aliphatic hydroxyl groups is 1. The second kappa shape index (κ2) is 8.79. The normalized spacial score (nSPS) is 25.2. The summed E-state index contributed by atoms with van der Waals surface area (Å²) in [4.78, 5) is 0. The predicted molar refractivity (Wildman–Crippen MR) is 128 cm³/mol. The summed E-state index contributed by atoms with van der Waals surface area (Å²) in [6.07, 6.45) is -0.792. The van der Waals surface area contributed by atoms with Crippen LogP contribution in [0.25, 0.3) is 10.9 Å². The Morgan fingerprint density at radius 3 is 2.61 bits per heavy atom. The van der Waals surface area contributed by atoms with Crippen molar-refractivity contribution in [2.75, 3.05) is 0 Å². The van der Waals surface area contributed by atoms with E-state index in [0.717, 1.165) is 10.9 Å². The summed E-state index contributed by atoms with van der Waals surface area (Å²) >= 11 is 0. The number of hydrogen-bond acceptors (Lipinski definition) is 9. The van der Waals surface area contributed by atoms with Crippen LogP contribution in [0.5, 0.6) is 5.88 Å². The van der Waals surface area contributed by atoms with Crippen molar-refractivity contribution in [1.82, 2.24) is 19.6 Å². The average molecular weight is 491 g/mol. The predicted octanol–water partition coefficient (Wildman–Crippen LogP) is 3.64. The van der Waals surface area contributed by atoms with E-state index in [1.807, 2.05) is 54.6 Å². The third-order valence-electron chi connectivity index (χ3n) is 6.33. The summed E-state index contributed by atoms with van der Waals surface area (Å²) in [5.74, 6) is -0.798. The van der Waals surface area contributed by atoms with Gasteiger partial charge in [-0.15, -0.1) is 10.2 Å². The zero-order chi connectivity index (χ0) is 24.9. The Morgan fingerprint density at radius 2 is 1.81 bits per heavy atom. The first-order valence-electron chi connectivity index (χ1n) is 11.7. The number of azo groups is 1. The molecule has 186 valence electrons. The molecule has 2 aromatic heterocycles. The SMILES string of the molecule is CC1(C)O[C@H]2O[C@H](Cn3cc(Cn4c(O)c(N=Nc5ccccc5)c5ccccc54)nn3)[C@H](O)[C@H]2O1. The Kier molecular flexibility index (Phi) is 5.56. The summed E-state index contributed by atoms with van der Waals surface area (Å²) in [6, 6.07) is 16.9. The van der Waals surface area contributed by atoms with Crippen molar-refractivity contribution in [3.63, 3.8) is 0 Å². The molecule has 0 saturated carbocycles. The standard InChI is InChI=1S/C25H26N6O5/c1-25(2)35-22-21(32)19(34-24(22)36-25)14-30-12-16(27-29-30)13-31-18-11-7-6-10-17(18)20(23(31)33)28-26-15-8-4-3-5-9-15/h3-12,19,21-22,24,32-33H,13-14H2,1-2H3/t19-,21+,22-,24-/m1/s1. The van der Waals surface area contributed by atoms with Crippen molar-refractivity contribution in [2.45, 2.75) is 57.3 Å². The van der Waals surface area contributed by atoms with Crippen LogP contribution in [0.15, 0.2) is 71.0 Å². The molecule has 0 amide bonds. The molecule has 0 bridgehead atoms. The number of aliphatic hydroxyl groups excluding tert-OH is 1. The maximum absolute atomic E-state index is 11.0. The molecule has 2 aliphatic rings. The molecule has 2 fully saturated rings. The first-order valence-corrected chi connectivity index (χ1v) is 11.7. The lowest BCUT2D eigenvalue weighted by Crippen LogP contribution is -2.36. The number of ether oxygens (including phenoxy) is 3. The molecule has 6 rings (SSSR count). The van der Waals surface area contributed by atoms with Gasteiger partial charge in [0.05, 0.1) is 30.5 Å². The third kappa shape index (κ3) is 4.16. The monoisotopic (exact) mass is 490 g/mol. The van der Waals surface area contributed by atoms with E-state index >= 15 is 0 Å². The molecule has 0 aliphatic carbocycles. The van der Waals surface area contributed by atoms with Gasteiger partial charge in [0.15, 0.2) is 17.8 Å². The van der Waals surface area contributed by atoms with Crippen molar-refractivity contribution in [3.8, 4) is 5.88 Å². The van der Waals surface area contributed by atoms with Crippen molar-refractivity contribution in [3.05, 3.63) is 66.5 Å². The van der Waals surface area contributed by atoms with E-state index in [1.165, 1.54) is 0 Å². The molecular weight excluding hydrogens is 464 g/mol. The van der Waals surface area contributed by atoms with Gasteiger partial charge in [0.25, 0.3) is 0 Å². The molecule has 2 saturated heterocycles. The first-order chi connectivity index (χ1) is 17.4. The lowest BCUT2D eigenvalue weighted by Gasteiger charge is -2.22. The number of aromatic hydroxyl groups is 1. The van der Waals surface area contributed by atoms with E-state index < -0.39 is 30.4 Å². The molecular formula is C25H26N6O5. The molecule has 2 aliphatic heterocycles. The van der Waals surface area contributed by atoms with Gasteiger partial charge in [-0.2, -0.15) is 5.11 Å². The topological polar surface area (TPSA) is 129 Å². The van der Waals surface area contributed by atoms with E-state index in [-0.39, 0.29) is 19.0 Å². The Bertz CT molecular complexity index is 1420. The van der Waals surface area contributed by atoms with Gasteiger partial charge >= 0.3 is 0 Å². The van der Waals surface area contributed by atoms with Crippen LogP contribution in [-0.4, -0.2) is 60.2 Å². The first kappa shape index (κ1) is 22.8. The van der Waals surface area contributed by atoms with Gasteiger partial charge in [0, 0.05) is 5.39 Å². The second-order valence-corrected chi connectivity index (χ2v) is 9.38. The minimum Gasteiger partial charge on any atom is -0.493 e. The van der Waals surface area contributed by atoms with E-state index in [0.29, 0.717) is 17.1 Å². The van der Waals surface area contributed by atoms with Gasteiger partial charge in [-0.1, -0.05) is 41.6 Å². The maximum atomic E-state index is 11.0. The maximum Gasteiger partial charge on any atom is 0.221 e. The van der Waals surface area contributed by atoms with Crippen molar-refractivity contribution >= 4 is 22.3 Å². The zero-order valence-electron chi connectivity index (χ0n) is 19.8. The third-order valence-corrected chi connectivity index (χ3v) is 6.33. The highest BCUT2D eigenvalue weighted by atomic mass is 16.8. The minimum atomic E-state index is -0.848. The molecule has 4 heterocycles. The van der Waals surface area contributed by atoms with E-state index in [2.05, 4.69) is 20.5 Å². The van der Waals surface area contributed by atoms with Crippen LogP contribution >= 0.6 is 0 Å². The molecule has 4 aromatic rings. The van der Waals surface area contributed by atoms with Gasteiger partial charge in [-0.25, -0.2) is 4.68 Å². The Morgan fingerprint density at radius 1 is 1.03 bits per heavy atom. The smallest absolute Gasteiger partial charge is 0.221 e. The Labute approximate surface area is 206 Å². The number of aromatic nitrogens is 4. The summed E-state index contributed by atoms with van der Waals surface area (Å²) < 4.78 is 20.6. The van der Waals surface area contributed by atoms with Gasteiger partial charge in [0.1, 0.15) is 24.0 Å². The quantitative estimate of drug-likeness (QED) is 0.395. The van der Waals surface area contributed by atoms with E-state index in [1.54, 1.807) is 29.3 Å². The van der Waals surface area contributed by atoms with E-state index in [9.17, 15) is 10.2 Å². The van der Waals surface area contributed by atoms with Gasteiger partial charge in [0.2, 0.25) is 5.88 Å². The summed E-state index contributed by atoms with van der Waals surface area (Å²) in [6.45, 7) is 4.13. The zero-order valence-corrected chi connectivity index (χ0v) is 19.8. The van der Waals surface area contributed by atoms with Crippen LogP contribution in [0, 0.1) is 0 Å². The fraction of sp³-hybridized carbons (Fsp3) is 0.360. The highest BCUT2D eigenvalue weighted by Gasteiger charge is 2.54. The molecule has 2 aromatic carbocycles. The number of benzene rings is 2. The molecule has 0 spiro atoms. The van der Waals surface area contributed by atoms with Crippen LogP contribution in [0.2, 0.25) is 0 Å². The number of fused-ring (bicyclic) bond motifs is 2. The summed E-state index contributed by atoms with van der Waals surface area (Å²) in [5, 5.41) is 39.5. The Balaban J connectivity index is 1.21. The number of rotatable bonds is 6. The molecule has 0 unspecified atom stereocenters. The van der Waals surface area contributed by atoms with Crippen LogP contribution in [0.3, 0.4) is 0 Å². The molecule has 4 atom stereocenters. The van der Waals surface area contributed by atoms with Crippen LogP contribution in [0.1, 0.15) is 19.5 Å². The molecule has 2 N–H and O–H groups in total. The highest BCUT2D eigenvalue weighted by Crippen LogP contribution is 2.40. The second-order valence-electron chi connectivity index (χ2n) is 9.38. The van der Waals surface area contributed by atoms with Crippen molar-refractivity contribution in [2.24, 2.45) is 10.2 Å².